The summed E-state index contributed by atoms with van der Waals surface area (Å²) >= 11 is 1.08. The Morgan fingerprint density at radius 2 is 1.77 bits per heavy atom. The van der Waals surface area contributed by atoms with Gasteiger partial charge < -0.3 is 9.64 Å². The van der Waals surface area contributed by atoms with Crippen LogP contribution in [0.25, 0.3) is 10.2 Å². The number of aromatic nitrogens is 1. The molecule has 0 aliphatic heterocycles. The highest BCUT2D eigenvalue weighted by Gasteiger charge is 2.31. The van der Waals surface area contributed by atoms with Crippen LogP contribution in [0, 0.1) is 5.82 Å². The first-order valence-electron chi connectivity index (χ1n) is 8.51. The molecule has 0 saturated heterocycles. The SMILES string of the molecule is CN(C)CCN(C(=O)c1ccc(F)cc1)c1nc2ccc(OC(F)(F)F)cc2s1.Cl. The molecule has 30 heavy (non-hydrogen) atoms. The minimum Gasteiger partial charge on any atom is -0.406 e. The number of carbonyl (C=O) groups excluding carboxylic acids is 1. The maximum Gasteiger partial charge on any atom is 0.573 e. The van der Waals surface area contributed by atoms with E-state index in [0.29, 0.717) is 28.4 Å². The molecule has 3 rings (SSSR count). The van der Waals surface area contributed by atoms with E-state index in [1.807, 2.05) is 19.0 Å². The highest BCUT2D eigenvalue weighted by molar-refractivity contribution is 7.22. The summed E-state index contributed by atoms with van der Waals surface area (Å²) in [5.74, 6) is -1.19. The maximum atomic E-state index is 13.2. The molecular formula is C19H18ClF4N3O2S. The number of amides is 1. The van der Waals surface area contributed by atoms with Gasteiger partial charge in [-0.2, -0.15) is 0 Å². The molecule has 0 aliphatic carbocycles. The van der Waals surface area contributed by atoms with Crippen LogP contribution in [-0.2, 0) is 0 Å². The number of thiazole rings is 1. The Kier molecular flexibility index (Phi) is 7.62. The van der Waals surface area contributed by atoms with Crippen LogP contribution in [0.3, 0.4) is 0 Å². The average Bonchev–Trinajstić information content (AvgIpc) is 3.03. The molecule has 0 aliphatic rings. The number of benzene rings is 2. The van der Waals surface area contributed by atoms with E-state index in [4.69, 9.17) is 0 Å². The zero-order chi connectivity index (χ0) is 21.2. The summed E-state index contributed by atoms with van der Waals surface area (Å²) in [7, 11) is 3.69. The number of nitrogens with zero attached hydrogens (tertiary/aromatic N) is 3. The predicted molar refractivity (Wildman–Crippen MR) is 110 cm³/mol. The second-order valence-corrected chi connectivity index (χ2v) is 7.45. The first-order chi connectivity index (χ1) is 13.6. The Balaban J connectivity index is 0.00000320. The van der Waals surface area contributed by atoms with E-state index in [0.717, 1.165) is 11.3 Å². The molecule has 0 N–H and O–H groups in total. The topological polar surface area (TPSA) is 45.7 Å². The molecule has 1 heterocycles. The smallest absolute Gasteiger partial charge is 0.406 e. The van der Waals surface area contributed by atoms with E-state index in [-0.39, 0.29) is 29.6 Å². The molecule has 0 fully saturated rings. The molecule has 0 saturated carbocycles. The number of alkyl halides is 3. The molecule has 1 amide bonds. The molecule has 0 bridgehead atoms. The molecular weight excluding hydrogens is 446 g/mol. The monoisotopic (exact) mass is 463 g/mol. The van der Waals surface area contributed by atoms with E-state index in [2.05, 4.69) is 9.72 Å². The first-order valence-corrected chi connectivity index (χ1v) is 9.32. The summed E-state index contributed by atoms with van der Waals surface area (Å²) in [4.78, 5) is 20.7. The van der Waals surface area contributed by atoms with Crippen molar-refractivity contribution in [1.29, 1.82) is 0 Å². The Morgan fingerprint density at radius 3 is 2.37 bits per heavy atom. The van der Waals surface area contributed by atoms with Crippen LogP contribution < -0.4 is 9.64 Å². The van der Waals surface area contributed by atoms with Crippen molar-refractivity contribution in [3.05, 3.63) is 53.8 Å². The number of ether oxygens (including phenoxy) is 1. The van der Waals surface area contributed by atoms with Gasteiger partial charge in [0.05, 0.1) is 10.2 Å². The maximum absolute atomic E-state index is 13.2. The van der Waals surface area contributed by atoms with Gasteiger partial charge in [0.2, 0.25) is 0 Å². The molecule has 11 heteroatoms. The molecule has 2 aromatic carbocycles. The van der Waals surface area contributed by atoms with Gasteiger partial charge in [-0.3, -0.25) is 9.69 Å². The molecule has 3 aromatic rings. The van der Waals surface area contributed by atoms with Crippen molar-refractivity contribution in [3.8, 4) is 5.75 Å². The summed E-state index contributed by atoms with van der Waals surface area (Å²) in [6, 6.07) is 8.95. The van der Waals surface area contributed by atoms with Crippen molar-refractivity contribution in [2.45, 2.75) is 6.36 Å². The van der Waals surface area contributed by atoms with Gasteiger partial charge in [0.25, 0.3) is 5.91 Å². The van der Waals surface area contributed by atoms with E-state index < -0.39 is 12.2 Å². The normalized spacial score (nSPS) is 11.4. The van der Waals surface area contributed by atoms with Gasteiger partial charge in [0, 0.05) is 24.7 Å². The van der Waals surface area contributed by atoms with Crippen LogP contribution in [-0.4, -0.2) is 49.3 Å². The lowest BCUT2D eigenvalue weighted by atomic mass is 10.2. The Hall–Kier alpha value is -2.43. The van der Waals surface area contributed by atoms with Gasteiger partial charge in [-0.05, 0) is 50.5 Å². The quantitative estimate of drug-likeness (QED) is 0.484. The third-order valence-electron chi connectivity index (χ3n) is 3.92. The Bertz CT molecular complexity index is 1010. The molecule has 0 atom stereocenters. The lowest BCUT2D eigenvalue weighted by molar-refractivity contribution is -0.274. The van der Waals surface area contributed by atoms with E-state index in [9.17, 15) is 22.4 Å². The lowest BCUT2D eigenvalue weighted by Gasteiger charge is -2.22. The number of anilines is 1. The van der Waals surface area contributed by atoms with Crippen LogP contribution in [0.5, 0.6) is 5.75 Å². The second-order valence-electron chi connectivity index (χ2n) is 6.44. The molecule has 1 aromatic heterocycles. The number of fused-ring (bicyclic) bond motifs is 1. The fourth-order valence-corrected chi connectivity index (χ4v) is 3.56. The second kappa shape index (κ2) is 9.59. The van der Waals surface area contributed by atoms with Gasteiger partial charge in [-0.1, -0.05) is 11.3 Å². The lowest BCUT2D eigenvalue weighted by Crippen LogP contribution is -2.36. The number of likely N-dealkylation sites (N-methyl/N-ethyl adjacent to an activating group) is 1. The summed E-state index contributed by atoms with van der Waals surface area (Å²) in [6.45, 7) is 0.834. The molecule has 162 valence electrons. The third-order valence-corrected chi connectivity index (χ3v) is 4.96. The van der Waals surface area contributed by atoms with Crippen LogP contribution in [0.2, 0.25) is 0 Å². The van der Waals surface area contributed by atoms with Gasteiger partial charge in [-0.25, -0.2) is 9.37 Å². The molecule has 0 spiro atoms. The minimum atomic E-state index is -4.79. The Morgan fingerprint density at radius 1 is 1.10 bits per heavy atom. The third kappa shape index (κ3) is 6.04. The van der Waals surface area contributed by atoms with Crippen LogP contribution >= 0.6 is 23.7 Å². The Labute approximate surface area is 180 Å². The zero-order valence-corrected chi connectivity index (χ0v) is 17.6. The first kappa shape index (κ1) is 23.8. The number of hydrogen-bond donors (Lipinski definition) is 0. The number of carbonyl (C=O) groups is 1. The summed E-state index contributed by atoms with van der Waals surface area (Å²) in [6.07, 6.45) is -4.79. The van der Waals surface area contributed by atoms with E-state index >= 15 is 0 Å². The van der Waals surface area contributed by atoms with Crippen LogP contribution in [0.15, 0.2) is 42.5 Å². The van der Waals surface area contributed by atoms with Gasteiger partial charge in [0.1, 0.15) is 11.6 Å². The molecule has 0 radical (unpaired) electrons. The van der Waals surface area contributed by atoms with Crippen molar-refractivity contribution in [2.75, 3.05) is 32.1 Å². The summed E-state index contributed by atoms with van der Waals surface area (Å²) in [5.41, 5.74) is 0.729. The number of halogens is 5. The highest BCUT2D eigenvalue weighted by atomic mass is 35.5. The largest absolute Gasteiger partial charge is 0.573 e. The number of hydrogen-bond acceptors (Lipinski definition) is 5. The van der Waals surface area contributed by atoms with Crippen LogP contribution in [0.4, 0.5) is 22.7 Å². The average molecular weight is 464 g/mol. The fourth-order valence-electron chi connectivity index (χ4n) is 2.54. The van der Waals surface area contributed by atoms with Crippen molar-refractivity contribution >= 4 is 45.0 Å². The van der Waals surface area contributed by atoms with Gasteiger partial charge in [-0.15, -0.1) is 25.6 Å². The summed E-state index contributed by atoms with van der Waals surface area (Å²) in [5, 5.41) is 0.334. The van der Waals surface area contributed by atoms with Crippen molar-refractivity contribution < 1.29 is 27.1 Å². The zero-order valence-electron chi connectivity index (χ0n) is 15.9. The van der Waals surface area contributed by atoms with Crippen LogP contribution in [0.1, 0.15) is 10.4 Å². The summed E-state index contributed by atoms with van der Waals surface area (Å²) < 4.78 is 54.9. The van der Waals surface area contributed by atoms with Crippen molar-refractivity contribution in [1.82, 2.24) is 9.88 Å². The fraction of sp³-hybridized carbons (Fsp3) is 0.263. The van der Waals surface area contributed by atoms with Crippen molar-refractivity contribution in [2.24, 2.45) is 0 Å². The van der Waals surface area contributed by atoms with E-state index in [1.165, 1.54) is 47.4 Å². The van der Waals surface area contributed by atoms with Crippen molar-refractivity contribution in [3.63, 3.8) is 0 Å². The molecule has 0 unspecified atom stereocenters. The highest BCUT2D eigenvalue weighted by Crippen LogP contribution is 2.33. The van der Waals surface area contributed by atoms with Gasteiger partial charge in [0.15, 0.2) is 5.13 Å². The predicted octanol–water partition coefficient (Wildman–Crippen LogP) is 4.96. The van der Waals surface area contributed by atoms with E-state index in [1.54, 1.807) is 0 Å². The van der Waals surface area contributed by atoms with Gasteiger partial charge >= 0.3 is 6.36 Å². The standard InChI is InChI=1S/C19H17F4N3O2S.ClH/c1-25(2)9-10-26(17(27)12-3-5-13(20)6-4-12)18-24-15-8-7-14(11-16(15)29-18)28-19(21,22)23;/h3-8,11H,9-10H2,1-2H3;1H. The molecule has 5 nitrogen and oxygen atoms in total. The minimum absolute atomic E-state index is 0. The number of rotatable bonds is 6.